The van der Waals surface area contributed by atoms with Gasteiger partial charge in [-0.15, -0.1) is 0 Å². The van der Waals surface area contributed by atoms with E-state index in [9.17, 15) is 9.18 Å². The maximum Gasteiger partial charge on any atom is 0.357 e. The molecule has 0 saturated heterocycles. The molecular weight excluding hydrogens is 353 g/mol. The van der Waals surface area contributed by atoms with Gasteiger partial charge in [-0.25, -0.2) is 14.2 Å². The molecule has 1 aromatic heterocycles. The summed E-state index contributed by atoms with van der Waals surface area (Å²) in [6.07, 6.45) is 0. The van der Waals surface area contributed by atoms with Crippen LogP contribution in [0.2, 0.25) is 5.02 Å². The topological polar surface area (TPSA) is 39.2 Å². The highest BCUT2D eigenvalue weighted by Gasteiger charge is 2.25. The molecule has 3 nitrogen and oxygen atoms in total. The quantitative estimate of drug-likeness (QED) is 0.528. The van der Waals surface area contributed by atoms with Crippen molar-refractivity contribution in [3.8, 4) is 11.1 Å². The number of hydrogen-bond donors (Lipinski definition) is 0. The van der Waals surface area contributed by atoms with Crippen molar-refractivity contribution in [3.05, 3.63) is 64.6 Å². The summed E-state index contributed by atoms with van der Waals surface area (Å²) >= 11 is 6.11. The summed E-state index contributed by atoms with van der Waals surface area (Å²) in [5.41, 5.74) is 2.49. The fourth-order valence-corrected chi connectivity index (χ4v) is 3.29. The van der Waals surface area contributed by atoms with Gasteiger partial charge in [0, 0.05) is 16.0 Å². The molecule has 5 heteroatoms. The van der Waals surface area contributed by atoms with E-state index >= 15 is 0 Å². The van der Waals surface area contributed by atoms with Crippen molar-refractivity contribution >= 4 is 28.5 Å². The van der Waals surface area contributed by atoms with Gasteiger partial charge in [0.15, 0.2) is 5.69 Å². The van der Waals surface area contributed by atoms with Crippen LogP contribution in [0.3, 0.4) is 0 Å². The summed E-state index contributed by atoms with van der Waals surface area (Å²) in [6, 6.07) is 11.8. The first-order chi connectivity index (χ1) is 12.4. The summed E-state index contributed by atoms with van der Waals surface area (Å²) in [7, 11) is 0. The lowest BCUT2D eigenvalue weighted by Gasteiger charge is -2.20. The van der Waals surface area contributed by atoms with E-state index in [0.29, 0.717) is 27.2 Å². The standard InChI is InChI=1S/C21H19ClFNO2/c1-4-26-21(25)20-18(12(2)3)19(14-7-5-6-8-16(14)23)15-10-9-13(22)11-17(15)24-20/h5-12H,4H2,1-3H3. The van der Waals surface area contributed by atoms with E-state index in [0.717, 1.165) is 5.39 Å². The molecule has 1 heterocycles. The predicted octanol–water partition coefficient (Wildman–Crippen LogP) is 5.99. The maximum absolute atomic E-state index is 14.6. The van der Waals surface area contributed by atoms with Crippen molar-refractivity contribution in [1.82, 2.24) is 4.98 Å². The van der Waals surface area contributed by atoms with Gasteiger partial charge in [0.05, 0.1) is 12.1 Å². The first-order valence-corrected chi connectivity index (χ1v) is 8.87. The maximum atomic E-state index is 14.6. The van der Waals surface area contributed by atoms with Gasteiger partial charge in [0.25, 0.3) is 0 Å². The molecule has 0 unspecified atom stereocenters. The number of carbonyl (C=O) groups is 1. The second-order valence-electron chi connectivity index (χ2n) is 6.27. The second kappa shape index (κ2) is 7.42. The molecule has 0 fully saturated rings. The number of nitrogens with zero attached hydrogens (tertiary/aromatic N) is 1. The molecule has 0 aliphatic heterocycles. The van der Waals surface area contributed by atoms with E-state index in [1.54, 1.807) is 37.3 Å². The molecule has 0 aliphatic carbocycles. The predicted molar refractivity (Wildman–Crippen MR) is 102 cm³/mol. The number of aromatic nitrogens is 1. The van der Waals surface area contributed by atoms with Crippen molar-refractivity contribution in [2.24, 2.45) is 0 Å². The number of halogens is 2. The fraction of sp³-hybridized carbons (Fsp3) is 0.238. The van der Waals surface area contributed by atoms with Gasteiger partial charge in [0.1, 0.15) is 5.82 Å². The Bertz CT molecular complexity index is 985. The van der Waals surface area contributed by atoms with E-state index in [4.69, 9.17) is 16.3 Å². The van der Waals surface area contributed by atoms with Crippen LogP contribution in [0.15, 0.2) is 42.5 Å². The Morgan fingerprint density at radius 1 is 1.23 bits per heavy atom. The van der Waals surface area contributed by atoms with Crippen LogP contribution in [-0.4, -0.2) is 17.6 Å². The summed E-state index contributed by atoms with van der Waals surface area (Å²) < 4.78 is 19.8. The lowest BCUT2D eigenvalue weighted by atomic mass is 9.88. The summed E-state index contributed by atoms with van der Waals surface area (Å²) in [4.78, 5) is 17.1. The molecule has 26 heavy (non-hydrogen) atoms. The summed E-state index contributed by atoms with van der Waals surface area (Å²) in [6.45, 7) is 5.88. The van der Waals surface area contributed by atoms with E-state index in [1.807, 2.05) is 19.9 Å². The molecule has 0 atom stereocenters. The number of pyridine rings is 1. The van der Waals surface area contributed by atoms with E-state index < -0.39 is 5.97 Å². The van der Waals surface area contributed by atoms with Crippen LogP contribution >= 0.6 is 11.6 Å². The van der Waals surface area contributed by atoms with E-state index in [1.165, 1.54) is 6.07 Å². The second-order valence-corrected chi connectivity index (χ2v) is 6.70. The number of benzene rings is 2. The summed E-state index contributed by atoms with van der Waals surface area (Å²) in [5.74, 6) is -0.932. The molecule has 0 spiro atoms. The molecule has 0 bridgehead atoms. The molecule has 3 rings (SSSR count). The number of esters is 1. The normalized spacial score (nSPS) is 11.2. The molecule has 2 aromatic carbocycles. The average Bonchev–Trinajstić information content (AvgIpc) is 2.60. The number of fused-ring (bicyclic) bond motifs is 1. The molecule has 134 valence electrons. The Balaban J connectivity index is 2.47. The lowest BCUT2D eigenvalue weighted by molar-refractivity contribution is 0.0518. The first kappa shape index (κ1) is 18.3. The van der Waals surface area contributed by atoms with Gasteiger partial charge < -0.3 is 4.74 Å². The third-order valence-corrected chi connectivity index (χ3v) is 4.41. The first-order valence-electron chi connectivity index (χ1n) is 8.49. The largest absolute Gasteiger partial charge is 0.461 e. The average molecular weight is 372 g/mol. The number of ether oxygens (including phenoxy) is 1. The molecular formula is C21H19ClFNO2. The highest BCUT2D eigenvalue weighted by molar-refractivity contribution is 6.31. The monoisotopic (exact) mass is 371 g/mol. The number of rotatable bonds is 4. The van der Waals surface area contributed by atoms with Gasteiger partial charge >= 0.3 is 5.97 Å². The minimum atomic E-state index is -0.518. The molecule has 0 radical (unpaired) electrons. The molecule has 0 N–H and O–H groups in total. The molecule has 0 amide bonds. The number of hydrogen-bond acceptors (Lipinski definition) is 3. The summed E-state index contributed by atoms with van der Waals surface area (Å²) in [5, 5.41) is 1.24. The van der Waals surface area contributed by atoms with Crippen LogP contribution in [0, 0.1) is 5.82 Å². The van der Waals surface area contributed by atoms with Crippen LogP contribution < -0.4 is 0 Å². The zero-order valence-corrected chi connectivity index (χ0v) is 15.6. The van der Waals surface area contributed by atoms with Gasteiger partial charge in [-0.2, -0.15) is 0 Å². The van der Waals surface area contributed by atoms with Crippen molar-refractivity contribution < 1.29 is 13.9 Å². The highest BCUT2D eigenvalue weighted by Crippen LogP contribution is 2.39. The lowest BCUT2D eigenvalue weighted by Crippen LogP contribution is -2.13. The zero-order chi connectivity index (χ0) is 18.8. The minimum Gasteiger partial charge on any atom is -0.461 e. The van der Waals surface area contributed by atoms with Gasteiger partial charge in [0.2, 0.25) is 0 Å². The Labute approximate surface area is 156 Å². The minimum absolute atomic E-state index is 0.0587. The molecule has 3 aromatic rings. The Morgan fingerprint density at radius 2 is 1.96 bits per heavy atom. The van der Waals surface area contributed by atoms with E-state index in [-0.39, 0.29) is 24.0 Å². The third-order valence-electron chi connectivity index (χ3n) is 4.18. The van der Waals surface area contributed by atoms with Gasteiger partial charge in [-0.3, -0.25) is 0 Å². The molecule has 0 saturated carbocycles. The number of carbonyl (C=O) groups excluding carboxylic acids is 1. The third kappa shape index (κ3) is 3.29. The van der Waals surface area contributed by atoms with Crippen molar-refractivity contribution in [1.29, 1.82) is 0 Å². The Kier molecular flexibility index (Phi) is 5.23. The smallest absolute Gasteiger partial charge is 0.357 e. The van der Waals surface area contributed by atoms with Crippen LogP contribution in [0.1, 0.15) is 42.7 Å². The highest BCUT2D eigenvalue weighted by atomic mass is 35.5. The van der Waals surface area contributed by atoms with Gasteiger partial charge in [-0.05, 0) is 42.2 Å². The van der Waals surface area contributed by atoms with Crippen molar-refractivity contribution in [3.63, 3.8) is 0 Å². The Hall–Kier alpha value is -2.46. The Morgan fingerprint density at radius 3 is 2.62 bits per heavy atom. The molecule has 0 aliphatic rings. The van der Waals surface area contributed by atoms with Gasteiger partial charge in [-0.1, -0.05) is 49.7 Å². The van der Waals surface area contributed by atoms with Crippen LogP contribution in [0.4, 0.5) is 4.39 Å². The van der Waals surface area contributed by atoms with Crippen LogP contribution in [-0.2, 0) is 4.74 Å². The SMILES string of the molecule is CCOC(=O)c1nc2cc(Cl)ccc2c(-c2ccccc2F)c1C(C)C. The van der Waals surface area contributed by atoms with Crippen LogP contribution in [0.25, 0.3) is 22.0 Å². The zero-order valence-electron chi connectivity index (χ0n) is 14.8. The fourth-order valence-electron chi connectivity index (χ4n) is 3.12. The van der Waals surface area contributed by atoms with Crippen molar-refractivity contribution in [2.75, 3.05) is 6.61 Å². The van der Waals surface area contributed by atoms with Crippen molar-refractivity contribution in [2.45, 2.75) is 26.7 Å². The van der Waals surface area contributed by atoms with Crippen LogP contribution in [0.5, 0.6) is 0 Å². The van der Waals surface area contributed by atoms with E-state index in [2.05, 4.69) is 4.98 Å².